The lowest BCUT2D eigenvalue weighted by atomic mass is 10.0. The monoisotopic (exact) mass is 528 g/mol. The summed E-state index contributed by atoms with van der Waals surface area (Å²) in [7, 11) is 0. The second-order valence-electron chi connectivity index (χ2n) is 8.31. The van der Waals surface area contributed by atoms with E-state index in [2.05, 4.69) is 20.2 Å². The van der Waals surface area contributed by atoms with Crippen LogP contribution in [0.5, 0.6) is 11.5 Å². The quantitative estimate of drug-likeness (QED) is 0.493. The zero-order valence-corrected chi connectivity index (χ0v) is 21.0. The van der Waals surface area contributed by atoms with Crippen molar-refractivity contribution < 1.29 is 13.9 Å². The van der Waals surface area contributed by atoms with Crippen LogP contribution in [-0.4, -0.2) is 53.8 Å². The van der Waals surface area contributed by atoms with Gasteiger partial charge in [0.1, 0.15) is 19.0 Å². The molecule has 2 aliphatic rings. The average molecular weight is 530 g/mol. The van der Waals surface area contributed by atoms with Crippen LogP contribution in [0.25, 0.3) is 10.9 Å². The third-order valence-corrected chi connectivity index (χ3v) is 6.54. The first kappa shape index (κ1) is 26.7. The second kappa shape index (κ2) is 12.2. The molecule has 4 heterocycles. The van der Waals surface area contributed by atoms with Crippen LogP contribution >= 0.6 is 36.4 Å². The molecule has 5 rings (SSSR count). The molecule has 6 nitrogen and oxygen atoms in total. The lowest BCUT2D eigenvalue weighted by Gasteiger charge is -2.32. The first-order valence-electron chi connectivity index (χ1n) is 11.1. The van der Waals surface area contributed by atoms with Crippen molar-refractivity contribution in [2.75, 3.05) is 32.8 Å². The molecule has 0 radical (unpaired) electrons. The van der Waals surface area contributed by atoms with Gasteiger partial charge in [-0.3, -0.25) is 9.97 Å². The van der Waals surface area contributed by atoms with Gasteiger partial charge in [-0.15, -0.1) is 24.8 Å². The Balaban J connectivity index is 0.00000162. The van der Waals surface area contributed by atoms with E-state index in [1.54, 1.807) is 18.5 Å². The van der Waals surface area contributed by atoms with Gasteiger partial charge < -0.3 is 19.7 Å². The number of ether oxygens (including phenoxy) is 2. The number of halogens is 4. The van der Waals surface area contributed by atoms with Crippen molar-refractivity contribution in [3.8, 4) is 11.5 Å². The second-order valence-corrected chi connectivity index (χ2v) is 8.72. The number of benzene rings is 1. The molecule has 0 unspecified atom stereocenters. The number of aromatic nitrogens is 2. The van der Waals surface area contributed by atoms with E-state index in [1.807, 2.05) is 6.07 Å². The summed E-state index contributed by atoms with van der Waals surface area (Å²) < 4.78 is 24.9. The molecule has 10 heteroatoms. The first-order valence-corrected chi connectivity index (χ1v) is 11.5. The number of fused-ring (bicyclic) bond motifs is 2. The Bertz CT molecular complexity index is 1110. The number of likely N-dealkylation sites (tertiary alicyclic amines) is 1. The number of piperidine rings is 1. The average Bonchev–Trinajstić information content (AvgIpc) is 2.82. The fourth-order valence-electron chi connectivity index (χ4n) is 4.41. The summed E-state index contributed by atoms with van der Waals surface area (Å²) in [6.45, 7) is 4.79. The van der Waals surface area contributed by atoms with Crippen molar-refractivity contribution in [1.29, 1.82) is 0 Å². The molecule has 0 saturated carbocycles. The number of rotatable bonds is 6. The van der Waals surface area contributed by atoms with Gasteiger partial charge in [-0.2, -0.15) is 0 Å². The largest absolute Gasteiger partial charge is 0.486 e. The molecule has 34 heavy (non-hydrogen) atoms. The third kappa shape index (κ3) is 6.20. The van der Waals surface area contributed by atoms with E-state index in [-0.39, 0.29) is 30.6 Å². The molecular formula is C24H28Cl3FN4O2. The van der Waals surface area contributed by atoms with Crippen LogP contribution < -0.4 is 14.8 Å². The van der Waals surface area contributed by atoms with Crippen LogP contribution in [0.1, 0.15) is 24.1 Å². The van der Waals surface area contributed by atoms with Gasteiger partial charge in [-0.25, -0.2) is 4.39 Å². The molecule has 0 amide bonds. The lowest BCUT2D eigenvalue weighted by molar-refractivity contribution is 0.170. The molecule has 2 aliphatic heterocycles. The Morgan fingerprint density at radius 3 is 2.59 bits per heavy atom. The molecule has 1 aromatic carbocycles. The van der Waals surface area contributed by atoms with Gasteiger partial charge in [-0.1, -0.05) is 11.6 Å². The summed E-state index contributed by atoms with van der Waals surface area (Å²) in [6.07, 6.45) is 6.33. The minimum absolute atomic E-state index is 0. The summed E-state index contributed by atoms with van der Waals surface area (Å²) >= 11 is 6.40. The van der Waals surface area contributed by atoms with Gasteiger partial charge in [0.2, 0.25) is 0 Å². The van der Waals surface area contributed by atoms with Crippen molar-refractivity contribution in [3.63, 3.8) is 0 Å². The molecule has 0 spiro atoms. The van der Waals surface area contributed by atoms with Crippen molar-refractivity contribution in [3.05, 3.63) is 58.8 Å². The van der Waals surface area contributed by atoms with E-state index >= 15 is 0 Å². The maximum atomic E-state index is 13.8. The SMILES string of the molecule is Cl.Cl.Fc1ccc2ncc(Cl)c(CCN3CCC(NCc4cc5c(cn4)OCCO5)CC3)c2c1. The van der Waals surface area contributed by atoms with Crippen molar-refractivity contribution in [1.82, 2.24) is 20.2 Å². The number of pyridine rings is 2. The van der Waals surface area contributed by atoms with Crippen LogP contribution in [0.15, 0.2) is 36.7 Å². The fourth-order valence-corrected chi connectivity index (χ4v) is 4.66. The molecule has 0 aliphatic carbocycles. The van der Waals surface area contributed by atoms with E-state index in [0.29, 0.717) is 30.8 Å². The topological polar surface area (TPSA) is 59.5 Å². The Morgan fingerprint density at radius 2 is 1.79 bits per heavy atom. The van der Waals surface area contributed by atoms with Gasteiger partial charge in [0, 0.05) is 36.8 Å². The molecule has 1 saturated heterocycles. The molecule has 1 N–H and O–H groups in total. The molecule has 0 bridgehead atoms. The van der Waals surface area contributed by atoms with E-state index in [4.69, 9.17) is 21.1 Å². The van der Waals surface area contributed by atoms with Gasteiger partial charge in [0.05, 0.1) is 22.4 Å². The highest BCUT2D eigenvalue weighted by Crippen LogP contribution is 2.29. The fraction of sp³-hybridized carbons (Fsp3) is 0.417. The van der Waals surface area contributed by atoms with Gasteiger partial charge in [0.15, 0.2) is 11.5 Å². The zero-order valence-electron chi connectivity index (χ0n) is 18.6. The maximum absolute atomic E-state index is 13.8. The smallest absolute Gasteiger partial charge is 0.179 e. The van der Waals surface area contributed by atoms with Gasteiger partial charge in [-0.05, 0) is 56.1 Å². The van der Waals surface area contributed by atoms with Crippen LogP contribution in [0.4, 0.5) is 4.39 Å². The summed E-state index contributed by atoms with van der Waals surface area (Å²) in [5, 5.41) is 5.03. The van der Waals surface area contributed by atoms with Crippen LogP contribution in [-0.2, 0) is 13.0 Å². The number of nitrogens with one attached hydrogen (secondary N) is 1. The summed E-state index contributed by atoms with van der Waals surface area (Å²) in [5.41, 5.74) is 2.71. The number of nitrogens with zero attached hydrogens (tertiary/aromatic N) is 3. The number of hydrogen-bond acceptors (Lipinski definition) is 6. The predicted molar refractivity (Wildman–Crippen MR) is 136 cm³/mol. The summed E-state index contributed by atoms with van der Waals surface area (Å²) in [5.74, 6) is 1.24. The van der Waals surface area contributed by atoms with E-state index < -0.39 is 0 Å². The molecule has 0 atom stereocenters. The van der Waals surface area contributed by atoms with Crippen molar-refractivity contribution in [2.24, 2.45) is 0 Å². The summed E-state index contributed by atoms with van der Waals surface area (Å²) in [4.78, 5) is 11.2. The minimum atomic E-state index is -0.262. The van der Waals surface area contributed by atoms with Crippen LogP contribution in [0, 0.1) is 5.82 Å². The Hall–Kier alpha value is -1.90. The highest BCUT2D eigenvalue weighted by atomic mass is 35.5. The normalized spacial score (nSPS) is 16.1. The molecule has 2 aromatic heterocycles. The van der Waals surface area contributed by atoms with E-state index in [1.165, 1.54) is 12.1 Å². The molecule has 1 fully saturated rings. The zero-order chi connectivity index (χ0) is 21.9. The standard InChI is InChI=1S/C24H26ClFN4O2.2ClH/c25-21-14-29-22-2-1-16(26)11-20(22)19(21)5-8-30-6-3-17(4-7-30)27-13-18-12-23-24(15-28-18)32-10-9-31-23;;/h1-2,11-12,14-15,17,27H,3-10,13H2;2*1H. The Morgan fingerprint density at radius 1 is 1.03 bits per heavy atom. The Kier molecular flexibility index (Phi) is 9.56. The minimum Gasteiger partial charge on any atom is -0.486 e. The van der Waals surface area contributed by atoms with Crippen molar-refractivity contribution in [2.45, 2.75) is 31.8 Å². The number of hydrogen-bond donors (Lipinski definition) is 1. The highest BCUT2D eigenvalue weighted by Gasteiger charge is 2.20. The van der Waals surface area contributed by atoms with Gasteiger partial charge in [0.25, 0.3) is 0 Å². The predicted octanol–water partition coefficient (Wildman–Crippen LogP) is 4.83. The highest BCUT2D eigenvalue weighted by molar-refractivity contribution is 6.32. The summed E-state index contributed by atoms with van der Waals surface area (Å²) in [6, 6.07) is 7.10. The molecular weight excluding hydrogens is 502 g/mol. The van der Waals surface area contributed by atoms with Crippen molar-refractivity contribution >= 4 is 47.3 Å². The van der Waals surface area contributed by atoms with Crippen LogP contribution in [0.2, 0.25) is 5.02 Å². The Labute approximate surface area is 216 Å². The first-order chi connectivity index (χ1) is 15.7. The molecule has 3 aromatic rings. The van der Waals surface area contributed by atoms with Gasteiger partial charge >= 0.3 is 0 Å². The van der Waals surface area contributed by atoms with E-state index in [0.717, 1.165) is 72.6 Å². The maximum Gasteiger partial charge on any atom is 0.179 e. The lowest BCUT2D eigenvalue weighted by Crippen LogP contribution is -2.43. The molecule has 184 valence electrons. The van der Waals surface area contributed by atoms with Crippen LogP contribution in [0.3, 0.4) is 0 Å². The van der Waals surface area contributed by atoms with E-state index in [9.17, 15) is 4.39 Å². The third-order valence-electron chi connectivity index (χ3n) is 6.21.